The quantitative estimate of drug-likeness (QED) is 0.376. The van der Waals surface area contributed by atoms with Crippen molar-refractivity contribution in [1.82, 2.24) is 24.7 Å². The van der Waals surface area contributed by atoms with E-state index in [0.29, 0.717) is 23.3 Å². The van der Waals surface area contributed by atoms with Crippen LogP contribution in [-0.2, 0) is 0 Å². The molecule has 1 fully saturated rings. The van der Waals surface area contributed by atoms with Crippen LogP contribution in [0.15, 0.2) is 58.7 Å². The van der Waals surface area contributed by atoms with Gasteiger partial charge in [-0.2, -0.15) is 15.5 Å². The van der Waals surface area contributed by atoms with Gasteiger partial charge in [0.25, 0.3) is 0 Å². The number of benzene rings is 1. The number of fused-ring (bicyclic) bond motifs is 1. The van der Waals surface area contributed by atoms with Crippen LogP contribution < -0.4 is 5.32 Å². The van der Waals surface area contributed by atoms with Crippen LogP contribution in [0.4, 0.5) is 5.69 Å². The van der Waals surface area contributed by atoms with Gasteiger partial charge in [-0.3, -0.25) is 4.68 Å². The molecule has 8 heteroatoms. The monoisotopic (exact) mass is 467 g/mol. The summed E-state index contributed by atoms with van der Waals surface area (Å²) < 4.78 is 3.95. The first-order valence-electron chi connectivity index (χ1n) is 11.4. The van der Waals surface area contributed by atoms with E-state index in [0.717, 1.165) is 57.8 Å². The van der Waals surface area contributed by atoms with Gasteiger partial charge >= 0.3 is 0 Å². The van der Waals surface area contributed by atoms with E-state index in [1.807, 2.05) is 43.7 Å². The summed E-state index contributed by atoms with van der Waals surface area (Å²) in [5.74, 6) is 0. The summed E-state index contributed by atoms with van der Waals surface area (Å²) in [6, 6.07) is 12.9. The van der Waals surface area contributed by atoms with Gasteiger partial charge in [0.05, 0.1) is 36.1 Å². The average Bonchev–Trinajstić information content (AvgIpc) is 3.47. The van der Waals surface area contributed by atoms with Crippen molar-refractivity contribution in [3.8, 4) is 17.2 Å². The zero-order chi connectivity index (χ0) is 23.7. The third-order valence-corrected chi connectivity index (χ3v) is 7.81. The van der Waals surface area contributed by atoms with Gasteiger partial charge in [-0.25, -0.2) is 9.36 Å². The molecule has 0 radical (unpaired) electrons. The van der Waals surface area contributed by atoms with Crippen LogP contribution in [0.25, 0.3) is 21.5 Å². The highest BCUT2D eigenvalue weighted by atomic mass is 32.2. The van der Waals surface area contributed by atoms with Crippen LogP contribution in [0.3, 0.4) is 0 Å². The summed E-state index contributed by atoms with van der Waals surface area (Å²) in [7, 11) is 2.04. The van der Waals surface area contributed by atoms with E-state index in [9.17, 15) is 5.26 Å². The fourth-order valence-corrected chi connectivity index (χ4v) is 5.92. The standard InChI is InChI=1S/C26H25N7S/c1-17-22(15-31-33(17)21-10-8-20(28-2)9-11-21)18-12-25(26-19(13-27)14-30-32(26)16-18)34-24-7-5-4-6-23(24)29-3/h4-7,12,14-16,20-21,28H,8-11H2,1-2H3. The van der Waals surface area contributed by atoms with Crippen molar-refractivity contribution in [1.29, 1.82) is 5.26 Å². The first kappa shape index (κ1) is 22.2. The summed E-state index contributed by atoms with van der Waals surface area (Å²) >= 11 is 1.49. The Kier molecular flexibility index (Phi) is 6.10. The second-order valence-electron chi connectivity index (χ2n) is 8.62. The Morgan fingerprint density at radius 2 is 1.94 bits per heavy atom. The van der Waals surface area contributed by atoms with Crippen LogP contribution in [0, 0.1) is 24.8 Å². The van der Waals surface area contributed by atoms with Gasteiger partial charge in [-0.05, 0) is 45.7 Å². The van der Waals surface area contributed by atoms with Crippen molar-refractivity contribution >= 4 is 23.0 Å². The summed E-state index contributed by atoms with van der Waals surface area (Å²) in [6.07, 6.45) is 10.1. The zero-order valence-corrected chi connectivity index (χ0v) is 20.0. The highest BCUT2D eigenvalue weighted by Crippen LogP contribution is 2.40. The normalized spacial score (nSPS) is 18.0. The first-order valence-corrected chi connectivity index (χ1v) is 12.2. The molecule has 0 atom stereocenters. The third kappa shape index (κ3) is 3.96. The lowest BCUT2D eigenvalue weighted by Gasteiger charge is -2.29. The summed E-state index contributed by atoms with van der Waals surface area (Å²) in [6.45, 7) is 9.64. The van der Waals surface area contributed by atoms with Crippen molar-refractivity contribution < 1.29 is 0 Å². The third-order valence-electron chi connectivity index (χ3n) is 6.71. The molecule has 4 aromatic rings. The number of pyridine rings is 1. The molecule has 34 heavy (non-hydrogen) atoms. The van der Waals surface area contributed by atoms with E-state index in [1.54, 1.807) is 10.7 Å². The lowest BCUT2D eigenvalue weighted by molar-refractivity contribution is 0.281. The molecule has 1 saturated carbocycles. The highest BCUT2D eigenvalue weighted by molar-refractivity contribution is 7.99. The number of nitriles is 1. The van der Waals surface area contributed by atoms with Gasteiger partial charge in [0.2, 0.25) is 5.69 Å². The fraction of sp³-hybridized carbons (Fsp3) is 0.308. The summed E-state index contributed by atoms with van der Waals surface area (Å²) in [5, 5.41) is 22.3. The molecule has 1 N–H and O–H groups in total. The Morgan fingerprint density at radius 3 is 2.68 bits per heavy atom. The predicted octanol–water partition coefficient (Wildman–Crippen LogP) is 5.78. The molecule has 170 valence electrons. The van der Waals surface area contributed by atoms with Crippen LogP contribution >= 0.6 is 11.8 Å². The maximum Gasteiger partial charge on any atom is 0.200 e. The fourth-order valence-electron chi connectivity index (χ4n) is 4.83. The Morgan fingerprint density at radius 1 is 1.15 bits per heavy atom. The van der Waals surface area contributed by atoms with Crippen molar-refractivity contribution in [2.45, 2.75) is 54.5 Å². The van der Waals surface area contributed by atoms with E-state index in [1.165, 1.54) is 11.8 Å². The lowest BCUT2D eigenvalue weighted by Crippen LogP contribution is -2.31. The molecule has 0 saturated heterocycles. The van der Waals surface area contributed by atoms with Gasteiger partial charge in [-0.15, -0.1) is 0 Å². The molecular formula is C26H25N7S. The van der Waals surface area contributed by atoms with E-state index in [2.05, 4.69) is 39.0 Å². The zero-order valence-electron chi connectivity index (χ0n) is 19.2. The maximum atomic E-state index is 9.65. The number of aromatic nitrogens is 4. The van der Waals surface area contributed by atoms with Crippen LogP contribution in [0.2, 0.25) is 0 Å². The largest absolute Gasteiger partial charge is 0.317 e. The molecule has 0 bridgehead atoms. The minimum Gasteiger partial charge on any atom is -0.317 e. The van der Waals surface area contributed by atoms with Crippen LogP contribution in [0.1, 0.15) is 43.0 Å². The van der Waals surface area contributed by atoms with Gasteiger partial charge in [-0.1, -0.05) is 36.0 Å². The topological polar surface area (TPSA) is 75.3 Å². The Hall–Kier alpha value is -3.59. The molecular weight excluding hydrogens is 442 g/mol. The maximum absolute atomic E-state index is 9.65. The van der Waals surface area contributed by atoms with Crippen molar-refractivity contribution in [3.63, 3.8) is 0 Å². The molecule has 3 heterocycles. The molecule has 7 nitrogen and oxygen atoms in total. The average molecular weight is 468 g/mol. The minimum atomic E-state index is 0.413. The molecule has 0 unspecified atom stereocenters. The van der Waals surface area contributed by atoms with Crippen LogP contribution in [0.5, 0.6) is 0 Å². The lowest BCUT2D eigenvalue weighted by atomic mass is 9.91. The van der Waals surface area contributed by atoms with Crippen LogP contribution in [-0.4, -0.2) is 32.5 Å². The number of hydrogen-bond donors (Lipinski definition) is 1. The van der Waals surface area contributed by atoms with Gasteiger partial charge in [0.15, 0.2) is 0 Å². The molecule has 1 aliphatic carbocycles. The van der Waals surface area contributed by atoms with E-state index in [-0.39, 0.29) is 0 Å². The second kappa shape index (κ2) is 9.34. The Bertz CT molecular complexity index is 1430. The number of nitrogens with one attached hydrogen (secondary N) is 1. The van der Waals surface area contributed by atoms with Crippen molar-refractivity contribution in [3.05, 3.63) is 71.6 Å². The molecule has 5 rings (SSSR count). The number of para-hydroxylation sites is 1. The van der Waals surface area contributed by atoms with Crippen molar-refractivity contribution in [2.75, 3.05) is 7.05 Å². The van der Waals surface area contributed by atoms with E-state index >= 15 is 0 Å². The Balaban J connectivity index is 1.56. The van der Waals surface area contributed by atoms with E-state index in [4.69, 9.17) is 11.7 Å². The molecule has 1 aliphatic rings. The number of rotatable bonds is 5. The van der Waals surface area contributed by atoms with E-state index < -0.39 is 0 Å². The number of hydrogen-bond acceptors (Lipinski definition) is 5. The molecule has 0 spiro atoms. The van der Waals surface area contributed by atoms with Gasteiger partial charge in [0.1, 0.15) is 6.07 Å². The second-order valence-corrected chi connectivity index (χ2v) is 9.70. The first-order chi connectivity index (χ1) is 16.6. The molecule has 1 aromatic carbocycles. The van der Waals surface area contributed by atoms with Crippen molar-refractivity contribution in [2.24, 2.45) is 0 Å². The van der Waals surface area contributed by atoms with Gasteiger partial charge < -0.3 is 5.32 Å². The predicted molar refractivity (Wildman–Crippen MR) is 133 cm³/mol. The molecule has 0 amide bonds. The minimum absolute atomic E-state index is 0.413. The summed E-state index contributed by atoms with van der Waals surface area (Å²) in [4.78, 5) is 5.41. The molecule has 0 aliphatic heterocycles. The smallest absolute Gasteiger partial charge is 0.200 e. The highest BCUT2D eigenvalue weighted by Gasteiger charge is 2.24. The van der Waals surface area contributed by atoms with Gasteiger partial charge in [0, 0.05) is 38.9 Å². The number of nitrogens with zero attached hydrogens (tertiary/aromatic N) is 6. The SMILES string of the molecule is [C-]#[N+]c1ccccc1Sc1cc(-c2cnn(C3CCC(NC)CC3)c2C)cn2ncc(C#N)c12. The molecule has 3 aromatic heterocycles. The summed E-state index contributed by atoms with van der Waals surface area (Å²) in [5.41, 5.74) is 5.06. The Labute approximate surface area is 203 Å².